The topological polar surface area (TPSA) is 47.3 Å². The van der Waals surface area contributed by atoms with E-state index >= 15 is 0 Å². The molecular weight excluding hydrogens is 118 g/mol. The van der Waals surface area contributed by atoms with Crippen molar-refractivity contribution < 1.29 is 4.79 Å². The molecule has 0 N–H and O–H groups in total. The summed E-state index contributed by atoms with van der Waals surface area (Å²) in [5.41, 5.74) is 0. The van der Waals surface area contributed by atoms with Crippen LogP contribution in [0.25, 0.3) is 0 Å². The Morgan fingerprint density at radius 2 is 2.33 bits per heavy atom. The van der Waals surface area contributed by atoms with Crippen LogP contribution in [0.15, 0.2) is 0 Å². The van der Waals surface area contributed by atoms with Gasteiger partial charge in [-0.1, -0.05) is 0 Å². The Hall–Kier alpha value is -1.24. The van der Waals surface area contributed by atoms with E-state index in [4.69, 9.17) is 5.26 Å². The van der Waals surface area contributed by atoms with Crippen LogP contribution in [0.2, 0.25) is 0 Å². The SMILES string of the molecule is CN1CCN(C#N)C1=O. The standard InChI is InChI=1S/C5H7N3O/c1-7-2-3-8(4-6)5(7)9/h2-3H2,1H3. The second-order valence-electron chi connectivity index (χ2n) is 1.96. The van der Waals surface area contributed by atoms with Gasteiger partial charge in [-0.25, -0.2) is 9.69 Å². The minimum Gasteiger partial charge on any atom is -0.325 e. The van der Waals surface area contributed by atoms with E-state index in [0.29, 0.717) is 13.1 Å². The maximum absolute atomic E-state index is 10.8. The molecule has 0 aromatic rings. The minimum absolute atomic E-state index is 0.197. The smallest absolute Gasteiger partial charge is 0.325 e. The number of amides is 2. The van der Waals surface area contributed by atoms with Crippen LogP contribution >= 0.6 is 0 Å². The van der Waals surface area contributed by atoms with E-state index in [1.165, 1.54) is 4.90 Å². The summed E-state index contributed by atoms with van der Waals surface area (Å²) >= 11 is 0. The Morgan fingerprint density at radius 3 is 2.56 bits per heavy atom. The number of urea groups is 1. The van der Waals surface area contributed by atoms with Gasteiger partial charge in [-0.15, -0.1) is 0 Å². The average molecular weight is 125 g/mol. The molecule has 0 bridgehead atoms. The van der Waals surface area contributed by atoms with Gasteiger partial charge in [0.25, 0.3) is 0 Å². The monoisotopic (exact) mass is 125 g/mol. The van der Waals surface area contributed by atoms with Gasteiger partial charge in [-0.3, -0.25) is 0 Å². The van der Waals surface area contributed by atoms with Crippen molar-refractivity contribution in [3.63, 3.8) is 0 Å². The summed E-state index contributed by atoms with van der Waals surface area (Å²) in [4.78, 5) is 13.4. The van der Waals surface area contributed by atoms with Crippen LogP contribution in [0.3, 0.4) is 0 Å². The molecular formula is C5H7N3O. The molecule has 0 radical (unpaired) electrons. The normalized spacial score (nSPS) is 18.4. The lowest BCUT2D eigenvalue weighted by Crippen LogP contribution is -2.25. The third-order valence-electron chi connectivity index (χ3n) is 1.34. The molecule has 9 heavy (non-hydrogen) atoms. The van der Waals surface area contributed by atoms with Gasteiger partial charge in [0, 0.05) is 13.6 Å². The van der Waals surface area contributed by atoms with Gasteiger partial charge in [0.1, 0.15) is 0 Å². The fraction of sp³-hybridized carbons (Fsp3) is 0.600. The van der Waals surface area contributed by atoms with Crippen molar-refractivity contribution in [3.05, 3.63) is 0 Å². The van der Waals surface area contributed by atoms with Crippen molar-refractivity contribution >= 4 is 6.03 Å². The molecule has 0 aromatic carbocycles. The molecule has 0 aliphatic carbocycles. The Morgan fingerprint density at radius 1 is 1.67 bits per heavy atom. The van der Waals surface area contributed by atoms with E-state index in [0.717, 1.165) is 4.90 Å². The second kappa shape index (κ2) is 1.94. The maximum atomic E-state index is 10.8. The highest BCUT2D eigenvalue weighted by molar-refractivity contribution is 5.77. The van der Waals surface area contributed by atoms with Crippen LogP contribution in [0, 0.1) is 11.5 Å². The van der Waals surface area contributed by atoms with Gasteiger partial charge in [0.05, 0.1) is 6.54 Å². The average Bonchev–Trinajstić information content (AvgIpc) is 2.15. The van der Waals surface area contributed by atoms with Crippen molar-refractivity contribution in [1.82, 2.24) is 9.80 Å². The fourth-order valence-corrected chi connectivity index (χ4v) is 0.740. The van der Waals surface area contributed by atoms with Gasteiger partial charge in [0.2, 0.25) is 0 Å². The first-order valence-corrected chi connectivity index (χ1v) is 2.68. The molecule has 4 heteroatoms. The van der Waals surface area contributed by atoms with E-state index in [9.17, 15) is 4.79 Å². The van der Waals surface area contributed by atoms with Gasteiger partial charge >= 0.3 is 6.03 Å². The second-order valence-corrected chi connectivity index (χ2v) is 1.96. The fourth-order valence-electron chi connectivity index (χ4n) is 0.740. The molecule has 1 saturated heterocycles. The molecule has 2 amide bonds. The Bertz CT molecular complexity index is 172. The van der Waals surface area contributed by atoms with E-state index in [1.807, 2.05) is 0 Å². The summed E-state index contributed by atoms with van der Waals surface area (Å²) in [5, 5.41) is 8.28. The Labute approximate surface area is 53.3 Å². The molecule has 0 atom stereocenters. The maximum Gasteiger partial charge on any atom is 0.333 e. The molecule has 1 fully saturated rings. The molecule has 0 saturated carbocycles. The van der Waals surface area contributed by atoms with Gasteiger partial charge in [-0.2, -0.15) is 5.26 Å². The van der Waals surface area contributed by atoms with Crippen LogP contribution in [-0.4, -0.2) is 36.0 Å². The van der Waals surface area contributed by atoms with Crippen molar-refractivity contribution in [1.29, 1.82) is 5.26 Å². The van der Waals surface area contributed by atoms with E-state index in [1.54, 1.807) is 13.2 Å². The highest BCUT2D eigenvalue weighted by atomic mass is 16.2. The number of hydrogen-bond donors (Lipinski definition) is 0. The molecule has 1 aliphatic heterocycles. The summed E-state index contributed by atoms with van der Waals surface area (Å²) in [6, 6.07) is -0.197. The Kier molecular flexibility index (Phi) is 1.27. The third kappa shape index (κ3) is 0.809. The van der Waals surface area contributed by atoms with Crippen molar-refractivity contribution in [2.75, 3.05) is 20.1 Å². The van der Waals surface area contributed by atoms with E-state index < -0.39 is 0 Å². The zero-order valence-electron chi connectivity index (χ0n) is 5.16. The lowest BCUT2D eigenvalue weighted by atomic mass is 10.6. The number of hydrogen-bond acceptors (Lipinski definition) is 2. The number of carbonyl (C=O) groups is 1. The summed E-state index contributed by atoms with van der Waals surface area (Å²) < 4.78 is 0. The number of likely N-dealkylation sites (N-methyl/N-ethyl adjacent to an activating group) is 1. The van der Waals surface area contributed by atoms with Gasteiger partial charge in [0.15, 0.2) is 6.19 Å². The predicted molar refractivity (Wildman–Crippen MR) is 30.3 cm³/mol. The van der Waals surface area contributed by atoms with Gasteiger partial charge < -0.3 is 4.90 Å². The van der Waals surface area contributed by atoms with Crippen molar-refractivity contribution in [3.8, 4) is 6.19 Å². The molecule has 1 rings (SSSR count). The number of carbonyl (C=O) groups excluding carboxylic acids is 1. The summed E-state index contributed by atoms with van der Waals surface area (Å²) in [5.74, 6) is 0. The van der Waals surface area contributed by atoms with Crippen LogP contribution < -0.4 is 0 Å². The largest absolute Gasteiger partial charge is 0.333 e. The van der Waals surface area contributed by atoms with Crippen LogP contribution in [0.5, 0.6) is 0 Å². The van der Waals surface area contributed by atoms with Crippen LogP contribution in [-0.2, 0) is 0 Å². The number of rotatable bonds is 0. The molecule has 1 heterocycles. The Balaban J connectivity index is 2.65. The third-order valence-corrected chi connectivity index (χ3v) is 1.34. The van der Waals surface area contributed by atoms with Gasteiger partial charge in [-0.05, 0) is 0 Å². The summed E-state index contributed by atoms with van der Waals surface area (Å²) in [7, 11) is 1.68. The zero-order valence-corrected chi connectivity index (χ0v) is 5.16. The molecule has 0 aromatic heterocycles. The molecule has 1 aliphatic rings. The van der Waals surface area contributed by atoms with Crippen molar-refractivity contribution in [2.45, 2.75) is 0 Å². The summed E-state index contributed by atoms with van der Waals surface area (Å²) in [6.07, 6.45) is 1.79. The highest BCUT2D eigenvalue weighted by Crippen LogP contribution is 2.02. The molecule has 0 unspecified atom stereocenters. The summed E-state index contributed by atoms with van der Waals surface area (Å²) in [6.45, 7) is 1.19. The van der Waals surface area contributed by atoms with E-state index in [2.05, 4.69) is 0 Å². The van der Waals surface area contributed by atoms with E-state index in [-0.39, 0.29) is 6.03 Å². The lowest BCUT2D eigenvalue weighted by Gasteiger charge is -2.04. The van der Waals surface area contributed by atoms with Crippen LogP contribution in [0.4, 0.5) is 4.79 Å². The molecule has 48 valence electrons. The van der Waals surface area contributed by atoms with Crippen molar-refractivity contribution in [2.24, 2.45) is 0 Å². The van der Waals surface area contributed by atoms with Crippen LogP contribution in [0.1, 0.15) is 0 Å². The first kappa shape index (κ1) is 5.89. The zero-order chi connectivity index (χ0) is 6.85. The minimum atomic E-state index is -0.197. The lowest BCUT2D eigenvalue weighted by molar-refractivity contribution is 0.211. The molecule has 4 nitrogen and oxygen atoms in total. The highest BCUT2D eigenvalue weighted by Gasteiger charge is 2.24. The predicted octanol–water partition coefficient (Wildman–Crippen LogP) is -0.165. The first-order chi connectivity index (χ1) is 4.25. The number of nitrogens with zero attached hydrogens (tertiary/aromatic N) is 3. The first-order valence-electron chi connectivity index (χ1n) is 2.68. The quantitative estimate of drug-likeness (QED) is 0.422. The number of nitriles is 1. The molecule has 0 spiro atoms.